The van der Waals surface area contributed by atoms with Crippen LogP contribution >= 0.6 is 22.6 Å². The van der Waals surface area contributed by atoms with Gasteiger partial charge in [-0.1, -0.05) is 48.5 Å². The zero-order valence-electron chi connectivity index (χ0n) is 13.2. The van der Waals surface area contributed by atoms with Gasteiger partial charge < -0.3 is 5.32 Å². The summed E-state index contributed by atoms with van der Waals surface area (Å²) in [6, 6.07) is 0. The molecule has 1 heterocycles. The Morgan fingerprint density at radius 3 is 2.00 bits per heavy atom. The largest absolute Gasteiger partial charge is 0.369 e. The lowest BCUT2D eigenvalue weighted by Crippen LogP contribution is -2.24. The highest BCUT2D eigenvalue weighted by atomic mass is 127. The number of nitrogens with zero attached hydrogens (tertiary/aromatic N) is 2. The van der Waals surface area contributed by atoms with Crippen molar-refractivity contribution < 1.29 is 0 Å². The molecule has 0 saturated heterocycles. The fourth-order valence-electron chi connectivity index (χ4n) is 1.64. The third-order valence-corrected chi connectivity index (χ3v) is 3.80. The van der Waals surface area contributed by atoms with Crippen molar-refractivity contribution in [2.24, 2.45) is 0 Å². The molecule has 19 heavy (non-hydrogen) atoms. The molecular formula is C15H26IN3. The van der Waals surface area contributed by atoms with E-state index >= 15 is 0 Å². The van der Waals surface area contributed by atoms with Crippen molar-refractivity contribution in [3.05, 3.63) is 15.1 Å². The van der Waals surface area contributed by atoms with Crippen LogP contribution in [-0.2, 0) is 10.8 Å². The number of halogens is 1. The van der Waals surface area contributed by atoms with Gasteiger partial charge in [0, 0.05) is 17.4 Å². The molecule has 0 bridgehead atoms. The van der Waals surface area contributed by atoms with Crippen LogP contribution < -0.4 is 5.32 Å². The van der Waals surface area contributed by atoms with Crippen LogP contribution in [0.25, 0.3) is 0 Å². The van der Waals surface area contributed by atoms with Crippen LogP contribution in [-0.4, -0.2) is 16.5 Å². The van der Waals surface area contributed by atoms with Crippen LogP contribution in [0.4, 0.5) is 5.82 Å². The summed E-state index contributed by atoms with van der Waals surface area (Å²) in [5.41, 5.74) is 1.13. The monoisotopic (exact) mass is 375 g/mol. The van der Waals surface area contributed by atoms with Crippen molar-refractivity contribution >= 4 is 28.4 Å². The Balaban J connectivity index is 3.39. The van der Waals surface area contributed by atoms with Crippen molar-refractivity contribution in [1.29, 1.82) is 0 Å². The second-order valence-corrected chi connectivity index (χ2v) is 8.06. The lowest BCUT2D eigenvalue weighted by Gasteiger charge is -2.25. The summed E-state index contributed by atoms with van der Waals surface area (Å²) in [6.45, 7) is 16.2. The Morgan fingerprint density at radius 1 is 1.00 bits per heavy atom. The molecule has 3 nitrogen and oxygen atoms in total. The van der Waals surface area contributed by atoms with Crippen molar-refractivity contribution in [1.82, 2.24) is 9.97 Å². The van der Waals surface area contributed by atoms with Gasteiger partial charge in [0.05, 0.1) is 9.26 Å². The van der Waals surface area contributed by atoms with Gasteiger partial charge in [0.1, 0.15) is 11.6 Å². The lowest BCUT2D eigenvalue weighted by atomic mass is 9.90. The van der Waals surface area contributed by atoms with Gasteiger partial charge in [-0.25, -0.2) is 9.97 Å². The number of aromatic nitrogens is 2. The normalized spacial score (nSPS) is 12.6. The predicted molar refractivity (Wildman–Crippen MR) is 90.9 cm³/mol. The molecule has 0 saturated carbocycles. The molecule has 0 atom stereocenters. The molecule has 108 valence electrons. The van der Waals surface area contributed by atoms with Gasteiger partial charge >= 0.3 is 0 Å². The highest BCUT2D eigenvalue weighted by molar-refractivity contribution is 14.1. The topological polar surface area (TPSA) is 37.8 Å². The molecule has 0 spiro atoms. The van der Waals surface area contributed by atoms with Crippen LogP contribution in [0, 0.1) is 3.57 Å². The van der Waals surface area contributed by atoms with E-state index in [2.05, 4.69) is 76.4 Å². The third-order valence-electron chi connectivity index (χ3n) is 2.77. The molecule has 0 aliphatic rings. The number of hydrogen-bond donors (Lipinski definition) is 1. The van der Waals surface area contributed by atoms with E-state index < -0.39 is 0 Å². The first-order valence-corrected chi connectivity index (χ1v) is 7.97. The smallest absolute Gasteiger partial charge is 0.143 e. The lowest BCUT2D eigenvalue weighted by molar-refractivity contribution is 0.511. The standard InChI is InChI=1S/C15H26IN3/c1-8-9-17-12-10(16)11(14(2,3)4)18-13(19-12)15(5,6)7/h8-9H2,1-7H3,(H,17,18,19). The Bertz CT molecular complexity index is 442. The Morgan fingerprint density at radius 2 is 1.58 bits per heavy atom. The minimum absolute atomic E-state index is 0.0299. The van der Waals surface area contributed by atoms with Crippen LogP contribution in [0.3, 0.4) is 0 Å². The van der Waals surface area contributed by atoms with Crippen molar-refractivity contribution in [3.8, 4) is 0 Å². The predicted octanol–water partition coefficient (Wildman–Crippen LogP) is 4.50. The maximum absolute atomic E-state index is 4.82. The van der Waals surface area contributed by atoms with Gasteiger partial charge in [0.25, 0.3) is 0 Å². The van der Waals surface area contributed by atoms with E-state index in [4.69, 9.17) is 9.97 Å². The fraction of sp³-hybridized carbons (Fsp3) is 0.733. The first-order valence-electron chi connectivity index (χ1n) is 6.89. The number of anilines is 1. The van der Waals surface area contributed by atoms with Crippen LogP contribution in [0.5, 0.6) is 0 Å². The summed E-state index contributed by atoms with van der Waals surface area (Å²) in [5.74, 6) is 1.89. The summed E-state index contributed by atoms with van der Waals surface area (Å²) >= 11 is 2.36. The van der Waals surface area contributed by atoms with Gasteiger partial charge in [-0.05, 0) is 29.0 Å². The molecule has 4 heteroatoms. The Hall–Kier alpha value is -0.390. The molecule has 1 N–H and O–H groups in total. The SMILES string of the molecule is CCCNc1nc(C(C)(C)C)nc(C(C)(C)C)c1I. The van der Waals surface area contributed by atoms with Crippen LogP contribution in [0.15, 0.2) is 0 Å². The summed E-state index contributed by atoms with van der Waals surface area (Å²) in [7, 11) is 0. The Labute approximate surface area is 131 Å². The summed E-state index contributed by atoms with van der Waals surface area (Å²) in [5, 5.41) is 3.43. The highest BCUT2D eigenvalue weighted by Gasteiger charge is 2.26. The molecule has 0 fully saturated rings. The third kappa shape index (κ3) is 4.29. The first kappa shape index (κ1) is 16.7. The van der Waals surface area contributed by atoms with Gasteiger partial charge in [0.2, 0.25) is 0 Å². The Kier molecular flexibility index (Phi) is 5.21. The average molecular weight is 375 g/mol. The molecular weight excluding hydrogens is 349 g/mol. The van der Waals surface area contributed by atoms with Gasteiger partial charge in [-0.15, -0.1) is 0 Å². The zero-order chi connectivity index (χ0) is 14.8. The van der Waals surface area contributed by atoms with E-state index in [-0.39, 0.29) is 10.8 Å². The minimum Gasteiger partial charge on any atom is -0.369 e. The quantitative estimate of drug-likeness (QED) is 0.791. The highest BCUT2D eigenvalue weighted by Crippen LogP contribution is 2.31. The second-order valence-electron chi connectivity index (χ2n) is 6.99. The van der Waals surface area contributed by atoms with Crippen LogP contribution in [0.2, 0.25) is 0 Å². The summed E-state index contributed by atoms with van der Waals surface area (Å²) < 4.78 is 1.14. The van der Waals surface area contributed by atoms with Crippen molar-refractivity contribution in [3.63, 3.8) is 0 Å². The van der Waals surface area contributed by atoms with Gasteiger partial charge in [-0.2, -0.15) is 0 Å². The fourth-order valence-corrected chi connectivity index (χ4v) is 2.88. The molecule has 0 aromatic carbocycles. The van der Waals surface area contributed by atoms with E-state index in [9.17, 15) is 0 Å². The minimum atomic E-state index is -0.0347. The molecule has 0 amide bonds. The first-order chi connectivity index (χ1) is 8.57. The molecule has 0 radical (unpaired) electrons. The maximum atomic E-state index is 4.82. The molecule has 0 unspecified atom stereocenters. The number of hydrogen-bond acceptors (Lipinski definition) is 3. The molecule has 1 aromatic heterocycles. The molecule has 1 rings (SSSR count). The van der Waals surface area contributed by atoms with E-state index in [1.54, 1.807) is 0 Å². The zero-order valence-corrected chi connectivity index (χ0v) is 15.3. The average Bonchev–Trinajstić information content (AvgIpc) is 2.24. The van der Waals surface area contributed by atoms with Gasteiger partial charge in [0.15, 0.2) is 0 Å². The second kappa shape index (κ2) is 5.94. The van der Waals surface area contributed by atoms with Crippen molar-refractivity contribution in [2.75, 3.05) is 11.9 Å². The molecule has 1 aromatic rings. The van der Waals surface area contributed by atoms with E-state index in [1.165, 1.54) is 0 Å². The van der Waals surface area contributed by atoms with Crippen LogP contribution in [0.1, 0.15) is 66.4 Å². The van der Waals surface area contributed by atoms with E-state index in [1.807, 2.05) is 0 Å². The molecule has 0 aliphatic heterocycles. The summed E-state index contributed by atoms with van der Waals surface area (Å²) in [6.07, 6.45) is 1.09. The maximum Gasteiger partial charge on any atom is 0.143 e. The van der Waals surface area contributed by atoms with Gasteiger partial charge in [-0.3, -0.25) is 0 Å². The van der Waals surface area contributed by atoms with E-state index in [0.717, 1.165) is 33.9 Å². The van der Waals surface area contributed by atoms with E-state index in [0.29, 0.717) is 0 Å². The number of nitrogens with one attached hydrogen (secondary N) is 1. The summed E-state index contributed by atoms with van der Waals surface area (Å²) in [4.78, 5) is 9.55. The van der Waals surface area contributed by atoms with Crippen molar-refractivity contribution in [2.45, 2.75) is 65.7 Å². The number of rotatable bonds is 3. The molecule has 0 aliphatic carbocycles.